The highest BCUT2D eigenvalue weighted by Gasteiger charge is 2.38. The van der Waals surface area contributed by atoms with E-state index in [9.17, 15) is 0 Å². The van der Waals surface area contributed by atoms with Crippen LogP contribution in [0.15, 0.2) is 12.3 Å². The predicted molar refractivity (Wildman–Crippen MR) is 79.7 cm³/mol. The summed E-state index contributed by atoms with van der Waals surface area (Å²) in [6.45, 7) is 1.98. The number of hydrogen-bond acceptors (Lipinski definition) is 3. The topological polar surface area (TPSA) is 39.1 Å². The zero-order valence-electron chi connectivity index (χ0n) is 12.6. The first kappa shape index (κ1) is 14.1. The third-order valence-corrected chi connectivity index (χ3v) is 4.99. The molecule has 1 unspecified atom stereocenters. The van der Waals surface area contributed by atoms with E-state index in [2.05, 4.69) is 16.5 Å². The molecular weight excluding hydrogens is 250 g/mol. The largest absolute Gasteiger partial charge is 0.375 e. The van der Waals surface area contributed by atoms with Crippen LogP contribution in [0.2, 0.25) is 0 Å². The minimum Gasteiger partial charge on any atom is -0.375 e. The lowest BCUT2D eigenvalue weighted by Crippen LogP contribution is -2.48. The Hall–Kier alpha value is -0.870. The van der Waals surface area contributed by atoms with Gasteiger partial charge in [0.2, 0.25) is 0 Å². The Morgan fingerprint density at radius 1 is 1.40 bits per heavy atom. The molecule has 112 valence electrons. The Morgan fingerprint density at radius 3 is 3.00 bits per heavy atom. The van der Waals surface area contributed by atoms with Crippen LogP contribution in [0.4, 0.5) is 0 Å². The summed E-state index contributed by atoms with van der Waals surface area (Å²) in [6, 6.07) is 2.74. The average Bonchev–Trinajstić information content (AvgIpc) is 2.86. The Bertz CT molecular complexity index is 418. The minimum atomic E-state index is 0.209. The van der Waals surface area contributed by atoms with Crippen LogP contribution in [0.5, 0.6) is 0 Å². The van der Waals surface area contributed by atoms with E-state index in [1.807, 2.05) is 17.9 Å². The molecule has 1 aliphatic heterocycles. The van der Waals surface area contributed by atoms with E-state index >= 15 is 0 Å². The van der Waals surface area contributed by atoms with Gasteiger partial charge in [-0.15, -0.1) is 0 Å². The van der Waals surface area contributed by atoms with E-state index in [0.717, 1.165) is 26.0 Å². The fraction of sp³-hybridized carbons (Fsp3) is 0.812. The second-order valence-corrected chi connectivity index (χ2v) is 6.43. The summed E-state index contributed by atoms with van der Waals surface area (Å²) >= 11 is 0. The smallest absolute Gasteiger partial charge is 0.0697 e. The highest BCUT2D eigenvalue weighted by molar-refractivity contribution is 5.00. The SMILES string of the molecule is Cn1nccc1CCNC1CCOC2(CCCCC2)C1. The van der Waals surface area contributed by atoms with Crippen molar-refractivity contribution >= 4 is 0 Å². The molecule has 1 saturated carbocycles. The predicted octanol–water partition coefficient (Wildman–Crippen LogP) is 2.43. The minimum absolute atomic E-state index is 0.209. The molecule has 2 aliphatic rings. The maximum Gasteiger partial charge on any atom is 0.0697 e. The van der Waals surface area contributed by atoms with Gasteiger partial charge in [-0.2, -0.15) is 5.10 Å². The average molecular weight is 277 g/mol. The molecule has 0 amide bonds. The molecule has 3 rings (SSSR count). The van der Waals surface area contributed by atoms with Gasteiger partial charge < -0.3 is 10.1 Å². The molecule has 1 aromatic heterocycles. The summed E-state index contributed by atoms with van der Waals surface area (Å²) in [4.78, 5) is 0. The van der Waals surface area contributed by atoms with Crippen LogP contribution < -0.4 is 5.32 Å². The summed E-state index contributed by atoms with van der Waals surface area (Å²) in [5, 5.41) is 7.96. The highest BCUT2D eigenvalue weighted by Crippen LogP contribution is 2.38. The molecule has 1 N–H and O–H groups in total. The number of hydrogen-bond donors (Lipinski definition) is 1. The molecule has 1 saturated heterocycles. The van der Waals surface area contributed by atoms with E-state index in [1.54, 1.807) is 0 Å². The maximum absolute atomic E-state index is 6.15. The van der Waals surface area contributed by atoms with E-state index in [4.69, 9.17) is 4.74 Å². The molecule has 0 bridgehead atoms. The number of aryl methyl sites for hydroxylation is 1. The van der Waals surface area contributed by atoms with Gasteiger partial charge in [0.1, 0.15) is 0 Å². The molecule has 20 heavy (non-hydrogen) atoms. The van der Waals surface area contributed by atoms with Crippen LogP contribution in [0.3, 0.4) is 0 Å². The van der Waals surface area contributed by atoms with Crippen molar-refractivity contribution in [2.75, 3.05) is 13.2 Å². The number of nitrogens with zero attached hydrogens (tertiary/aromatic N) is 2. The molecule has 2 heterocycles. The standard InChI is InChI=1S/C16H27N3O/c1-19-15(6-11-18-19)5-10-17-14-7-12-20-16(13-14)8-3-2-4-9-16/h6,11,14,17H,2-5,7-10,12-13H2,1H3. The van der Waals surface area contributed by atoms with Crippen LogP contribution in [0.25, 0.3) is 0 Å². The van der Waals surface area contributed by atoms with Crippen LogP contribution in [0.1, 0.15) is 50.6 Å². The second-order valence-electron chi connectivity index (χ2n) is 6.43. The first-order chi connectivity index (χ1) is 9.77. The van der Waals surface area contributed by atoms with Gasteiger partial charge in [-0.1, -0.05) is 19.3 Å². The van der Waals surface area contributed by atoms with Gasteiger partial charge in [0.25, 0.3) is 0 Å². The van der Waals surface area contributed by atoms with Crippen LogP contribution in [-0.4, -0.2) is 34.6 Å². The fourth-order valence-corrected chi connectivity index (χ4v) is 3.80. The van der Waals surface area contributed by atoms with Gasteiger partial charge in [-0.05, 0) is 31.7 Å². The number of nitrogens with one attached hydrogen (secondary N) is 1. The zero-order valence-corrected chi connectivity index (χ0v) is 12.6. The van der Waals surface area contributed by atoms with Gasteiger partial charge >= 0.3 is 0 Å². The van der Waals surface area contributed by atoms with Crippen LogP contribution in [-0.2, 0) is 18.2 Å². The van der Waals surface area contributed by atoms with Crippen LogP contribution in [0, 0.1) is 0 Å². The van der Waals surface area contributed by atoms with Crippen molar-refractivity contribution in [3.05, 3.63) is 18.0 Å². The lowest BCUT2D eigenvalue weighted by molar-refractivity contribution is -0.109. The lowest BCUT2D eigenvalue weighted by Gasteiger charge is -2.43. The first-order valence-electron chi connectivity index (χ1n) is 8.12. The van der Waals surface area contributed by atoms with Gasteiger partial charge in [-0.3, -0.25) is 4.68 Å². The van der Waals surface area contributed by atoms with E-state index in [1.165, 1.54) is 44.2 Å². The molecule has 0 aromatic carbocycles. The van der Waals surface area contributed by atoms with E-state index in [0.29, 0.717) is 6.04 Å². The Labute approximate surface area is 121 Å². The summed E-state index contributed by atoms with van der Waals surface area (Å²) in [5.41, 5.74) is 1.51. The molecule has 1 spiro atoms. The molecule has 1 atom stereocenters. The van der Waals surface area contributed by atoms with Crippen molar-refractivity contribution < 1.29 is 4.74 Å². The number of aromatic nitrogens is 2. The Kier molecular flexibility index (Phi) is 4.41. The normalized spacial score (nSPS) is 25.9. The summed E-state index contributed by atoms with van der Waals surface area (Å²) in [6.07, 6.45) is 11.9. The first-order valence-corrected chi connectivity index (χ1v) is 8.12. The van der Waals surface area contributed by atoms with Gasteiger partial charge in [0.05, 0.1) is 5.60 Å². The van der Waals surface area contributed by atoms with Crippen molar-refractivity contribution in [1.29, 1.82) is 0 Å². The quantitative estimate of drug-likeness (QED) is 0.918. The van der Waals surface area contributed by atoms with E-state index < -0.39 is 0 Å². The van der Waals surface area contributed by atoms with E-state index in [-0.39, 0.29) is 5.60 Å². The van der Waals surface area contributed by atoms with Gasteiger partial charge in [0.15, 0.2) is 0 Å². The summed E-state index contributed by atoms with van der Waals surface area (Å²) < 4.78 is 8.12. The van der Waals surface area contributed by atoms with Crippen LogP contribution >= 0.6 is 0 Å². The lowest BCUT2D eigenvalue weighted by atomic mass is 9.78. The molecule has 4 heteroatoms. The van der Waals surface area contributed by atoms with Crippen molar-refractivity contribution in [3.8, 4) is 0 Å². The monoisotopic (exact) mass is 277 g/mol. The molecule has 1 aliphatic carbocycles. The van der Waals surface area contributed by atoms with Crippen molar-refractivity contribution in [3.63, 3.8) is 0 Å². The van der Waals surface area contributed by atoms with Gasteiger partial charge in [0, 0.05) is 44.6 Å². The number of rotatable bonds is 4. The zero-order chi connectivity index (χ0) is 13.8. The Morgan fingerprint density at radius 2 is 2.25 bits per heavy atom. The van der Waals surface area contributed by atoms with Crippen molar-refractivity contribution in [1.82, 2.24) is 15.1 Å². The molecule has 1 aromatic rings. The molecular formula is C16H27N3O. The summed E-state index contributed by atoms with van der Waals surface area (Å²) in [7, 11) is 2.01. The van der Waals surface area contributed by atoms with Crippen molar-refractivity contribution in [2.45, 2.75) is 63.0 Å². The molecule has 4 nitrogen and oxygen atoms in total. The maximum atomic E-state index is 6.15. The molecule has 0 radical (unpaired) electrons. The van der Waals surface area contributed by atoms with Gasteiger partial charge in [-0.25, -0.2) is 0 Å². The molecule has 2 fully saturated rings. The summed E-state index contributed by atoms with van der Waals surface area (Å²) in [5.74, 6) is 0. The number of ether oxygens (including phenoxy) is 1. The fourth-order valence-electron chi connectivity index (χ4n) is 3.80. The highest BCUT2D eigenvalue weighted by atomic mass is 16.5. The third kappa shape index (κ3) is 3.23. The Balaban J connectivity index is 1.47. The van der Waals surface area contributed by atoms with Crippen molar-refractivity contribution in [2.24, 2.45) is 7.05 Å². The third-order valence-electron chi connectivity index (χ3n) is 4.99. The second kappa shape index (κ2) is 6.27.